The number of likely N-dealkylation sites (tertiary alicyclic amines) is 1. The molecule has 3 fully saturated rings. The fourth-order valence-electron chi connectivity index (χ4n) is 7.75. The van der Waals surface area contributed by atoms with Crippen LogP contribution < -0.4 is 14.8 Å². The third-order valence-electron chi connectivity index (χ3n) is 10.1. The topological polar surface area (TPSA) is 79.3 Å². The van der Waals surface area contributed by atoms with E-state index in [0.717, 1.165) is 63.1 Å². The molecule has 0 saturated carbocycles. The molecule has 5 atom stereocenters. The van der Waals surface area contributed by atoms with Gasteiger partial charge in [0.25, 0.3) is 0 Å². The Balaban J connectivity index is 1.34. The number of aryl methyl sites for hydroxylation is 1. The molecule has 0 aliphatic carbocycles. The van der Waals surface area contributed by atoms with E-state index in [1.54, 1.807) is 7.11 Å². The van der Waals surface area contributed by atoms with Crippen molar-refractivity contribution in [2.75, 3.05) is 31.7 Å². The fourth-order valence-corrected chi connectivity index (χ4v) is 11.8. The summed E-state index contributed by atoms with van der Waals surface area (Å²) >= 11 is 0. The van der Waals surface area contributed by atoms with Crippen LogP contribution in [0.15, 0.2) is 48.5 Å². The minimum atomic E-state index is -2.07. The number of piperidine rings is 1. The second-order valence-corrected chi connectivity index (χ2v) is 17.7. The third-order valence-corrected chi connectivity index (χ3v) is 14.5. The number of aliphatic hydroxyl groups is 1. The standard InChI is InChI=1S/C34H48N2O5Si/c1-24-30(18-13-25-9-7-10-26(21-25)35-19-6-5-12-32(35)38)41-31(22-33(39)36-20-8-11-27(36)23-37)34(24)42(3,4)29-16-14-28(40-2)15-17-29/h7,9-10,14-17,21,24,27,30-31,34,37H,5-6,8,11-13,18-20,22-23H2,1-4H3/t24-,27-,30+,31-,34+/m0/s1. The molecule has 0 aromatic heterocycles. The molecule has 0 unspecified atom stereocenters. The van der Waals surface area contributed by atoms with Crippen LogP contribution in [0.3, 0.4) is 0 Å². The molecule has 228 valence electrons. The lowest BCUT2D eigenvalue weighted by Crippen LogP contribution is -2.51. The Morgan fingerprint density at radius 3 is 2.57 bits per heavy atom. The monoisotopic (exact) mass is 592 g/mol. The van der Waals surface area contributed by atoms with Crippen LogP contribution in [0.5, 0.6) is 5.75 Å². The highest BCUT2D eigenvalue weighted by Gasteiger charge is 2.51. The molecule has 3 heterocycles. The van der Waals surface area contributed by atoms with Crippen molar-refractivity contribution in [1.82, 2.24) is 4.90 Å². The van der Waals surface area contributed by atoms with Crippen molar-refractivity contribution in [1.29, 1.82) is 0 Å². The minimum Gasteiger partial charge on any atom is -0.497 e. The van der Waals surface area contributed by atoms with Gasteiger partial charge in [-0.2, -0.15) is 0 Å². The summed E-state index contributed by atoms with van der Waals surface area (Å²) in [4.78, 5) is 29.9. The predicted molar refractivity (Wildman–Crippen MR) is 169 cm³/mol. The molecule has 3 saturated heterocycles. The molecule has 1 N–H and O–H groups in total. The van der Waals surface area contributed by atoms with Crippen molar-refractivity contribution < 1.29 is 24.2 Å². The van der Waals surface area contributed by atoms with E-state index in [2.05, 4.69) is 50.3 Å². The number of benzene rings is 2. The average Bonchev–Trinajstić information content (AvgIpc) is 3.60. The molecule has 0 radical (unpaired) electrons. The summed E-state index contributed by atoms with van der Waals surface area (Å²) in [5.74, 6) is 1.47. The number of amides is 2. The zero-order valence-corrected chi connectivity index (χ0v) is 26.8. The van der Waals surface area contributed by atoms with Gasteiger partial charge in [0.1, 0.15) is 5.75 Å². The molecule has 3 aliphatic heterocycles. The number of hydrogen-bond donors (Lipinski definition) is 1. The highest BCUT2D eigenvalue weighted by Crippen LogP contribution is 2.47. The zero-order chi connectivity index (χ0) is 29.9. The molecule has 0 bridgehead atoms. The van der Waals surface area contributed by atoms with Crippen LogP contribution in [0.25, 0.3) is 0 Å². The summed E-state index contributed by atoms with van der Waals surface area (Å²) < 4.78 is 12.3. The molecule has 2 amide bonds. The summed E-state index contributed by atoms with van der Waals surface area (Å²) in [5.41, 5.74) is 2.48. The van der Waals surface area contributed by atoms with Gasteiger partial charge in [-0.05, 0) is 79.8 Å². The lowest BCUT2D eigenvalue weighted by atomic mass is 9.94. The quantitative estimate of drug-likeness (QED) is 0.397. The maximum absolute atomic E-state index is 13.6. The highest BCUT2D eigenvalue weighted by atomic mass is 28.3. The van der Waals surface area contributed by atoms with Gasteiger partial charge < -0.3 is 24.4 Å². The first-order valence-corrected chi connectivity index (χ1v) is 18.9. The van der Waals surface area contributed by atoms with E-state index in [4.69, 9.17) is 9.47 Å². The van der Waals surface area contributed by atoms with E-state index in [1.165, 1.54) is 10.8 Å². The van der Waals surface area contributed by atoms with Gasteiger partial charge in [-0.1, -0.05) is 49.5 Å². The smallest absolute Gasteiger partial charge is 0.226 e. The van der Waals surface area contributed by atoms with Gasteiger partial charge in [0, 0.05) is 25.2 Å². The van der Waals surface area contributed by atoms with Gasteiger partial charge in [-0.15, -0.1) is 0 Å². The molecule has 2 aromatic carbocycles. The Kier molecular flexibility index (Phi) is 9.75. The van der Waals surface area contributed by atoms with Crippen molar-refractivity contribution in [2.45, 2.75) is 95.2 Å². The molecule has 7 nitrogen and oxygen atoms in total. The maximum atomic E-state index is 13.6. The van der Waals surface area contributed by atoms with Crippen molar-refractivity contribution in [3.8, 4) is 5.75 Å². The summed E-state index contributed by atoms with van der Waals surface area (Å²) in [6.07, 6.45) is 6.45. The van der Waals surface area contributed by atoms with Gasteiger partial charge in [0.05, 0.1) is 46.5 Å². The molecular weight excluding hydrogens is 544 g/mol. The number of rotatable bonds is 10. The molecule has 0 spiro atoms. The second-order valence-electron chi connectivity index (χ2n) is 13.0. The predicted octanol–water partition coefficient (Wildman–Crippen LogP) is 4.91. The van der Waals surface area contributed by atoms with Gasteiger partial charge in [-0.25, -0.2) is 0 Å². The SMILES string of the molecule is COc1ccc([Si](C)(C)[C@@H]2[C@@H](C)[C@@H](CCc3cccc(N4CCCCC4=O)c3)O[C@H]2CC(=O)N2CCC[C@H]2CO)cc1. The van der Waals surface area contributed by atoms with Crippen LogP contribution in [-0.4, -0.2) is 75.0 Å². The Labute approximate surface area is 252 Å². The number of ether oxygens (including phenoxy) is 2. The van der Waals surface area contributed by atoms with Crippen LogP contribution in [0.4, 0.5) is 5.69 Å². The first kappa shape index (κ1) is 30.8. The highest BCUT2D eigenvalue weighted by molar-refractivity contribution is 6.91. The number of anilines is 1. The first-order valence-electron chi connectivity index (χ1n) is 15.8. The zero-order valence-electron chi connectivity index (χ0n) is 25.8. The minimum absolute atomic E-state index is 0.0217. The van der Waals surface area contributed by atoms with Crippen LogP contribution in [0, 0.1) is 5.92 Å². The Morgan fingerprint density at radius 2 is 1.86 bits per heavy atom. The van der Waals surface area contributed by atoms with Crippen molar-refractivity contribution in [3.05, 3.63) is 54.1 Å². The Bertz CT molecular complexity index is 1230. The van der Waals surface area contributed by atoms with E-state index < -0.39 is 8.07 Å². The summed E-state index contributed by atoms with van der Waals surface area (Å²) in [6, 6.07) is 16.8. The number of methoxy groups -OCH3 is 1. The fraction of sp³-hybridized carbons (Fsp3) is 0.588. The number of hydrogen-bond acceptors (Lipinski definition) is 5. The molecule has 2 aromatic rings. The lowest BCUT2D eigenvalue weighted by Gasteiger charge is -2.36. The van der Waals surface area contributed by atoms with Crippen molar-refractivity contribution in [3.63, 3.8) is 0 Å². The molecule has 42 heavy (non-hydrogen) atoms. The summed E-state index contributed by atoms with van der Waals surface area (Å²) in [6.45, 7) is 8.66. The normalized spacial score (nSPS) is 26.6. The summed E-state index contributed by atoms with van der Waals surface area (Å²) in [5, 5.41) is 11.2. The van der Waals surface area contributed by atoms with E-state index >= 15 is 0 Å². The summed E-state index contributed by atoms with van der Waals surface area (Å²) in [7, 11) is -0.385. The number of aliphatic hydroxyl groups excluding tert-OH is 1. The second kappa shape index (κ2) is 13.3. The third kappa shape index (κ3) is 6.46. The largest absolute Gasteiger partial charge is 0.497 e. The van der Waals surface area contributed by atoms with Crippen molar-refractivity contribution in [2.24, 2.45) is 5.92 Å². The van der Waals surface area contributed by atoms with Crippen molar-refractivity contribution >= 4 is 30.8 Å². The van der Waals surface area contributed by atoms with E-state index in [9.17, 15) is 14.7 Å². The van der Waals surface area contributed by atoms with Crippen LogP contribution in [-0.2, 0) is 20.7 Å². The molecule has 8 heteroatoms. The van der Waals surface area contributed by atoms with E-state index in [1.807, 2.05) is 28.0 Å². The van der Waals surface area contributed by atoms with Gasteiger partial charge in [-0.3, -0.25) is 9.59 Å². The number of carbonyl (C=O) groups excluding carboxylic acids is 2. The maximum Gasteiger partial charge on any atom is 0.226 e. The van der Waals surface area contributed by atoms with Crippen LogP contribution in [0.2, 0.25) is 18.6 Å². The Hall–Kier alpha value is -2.68. The lowest BCUT2D eigenvalue weighted by molar-refractivity contribution is -0.135. The number of nitrogens with zero attached hydrogens (tertiary/aromatic N) is 2. The van der Waals surface area contributed by atoms with Crippen LogP contribution in [0.1, 0.15) is 57.4 Å². The molecular formula is C34H48N2O5Si. The Morgan fingerprint density at radius 1 is 1.07 bits per heavy atom. The average molecular weight is 593 g/mol. The van der Waals surface area contributed by atoms with Crippen LogP contribution >= 0.6 is 0 Å². The first-order chi connectivity index (χ1) is 20.2. The van der Waals surface area contributed by atoms with Gasteiger partial charge in [0.15, 0.2) is 0 Å². The van der Waals surface area contributed by atoms with Gasteiger partial charge >= 0.3 is 0 Å². The van der Waals surface area contributed by atoms with E-state index in [-0.39, 0.29) is 42.2 Å². The van der Waals surface area contributed by atoms with Gasteiger partial charge in [0.2, 0.25) is 11.8 Å². The molecule has 5 rings (SSSR count). The number of carbonyl (C=O) groups is 2. The van der Waals surface area contributed by atoms with E-state index in [0.29, 0.717) is 18.8 Å². The molecule has 3 aliphatic rings.